The van der Waals surface area contributed by atoms with Crippen LogP contribution in [0.4, 0.5) is 5.69 Å². The third-order valence-electron chi connectivity index (χ3n) is 6.78. The molecule has 142 valence electrons. The Morgan fingerprint density at radius 1 is 1.04 bits per heavy atom. The maximum atomic E-state index is 12.0. The summed E-state index contributed by atoms with van der Waals surface area (Å²) in [6.45, 7) is 7.55. The zero-order valence-corrected chi connectivity index (χ0v) is 16.1. The predicted molar refractivity (Wildman–Crippen MR) is 104 cm³/mol. The van der Waals surface area contributed by atoms with Crippen molar-refractivity contribution in [1.82, 2.24) is 4.90 Å². The molecule has 4 heteroatoms. The van der Waals surface area contributed by atoms with Gasteiger partial charge < -0.3 is 9.64 Å². The molecule has 3 fully saturated rings. The Kier molecular flexibility index (Phi) is 5.21. The van der Waals surface area contributed by atoms with Crippen LogP contribution >= 0.6 is 0 Å². The van der Waals surface area contributed by atoms with E-state index in [0.29, 0.717) is 6.42 Å². The van der Waals surface area contributed by atoms with E-state index in [4.69, 9.17) is 4.74 Å². The lowest BCUT2D eigenvalue weighted by molar-refractivity contribution is -0.142. The van der Waals surface area contributed by atoms with Crippen LogP contribution in [-0.2, 0) is 9.53 Å². The molecule has 0 amide bonds. The summed E-state index contributed by atoms with van der Waals surface area (Å²) in [6, 6.07) is 8.85. The Morgan fingerprint density at radius 2 is 1.73 bits per heavy atom. The highest BCUT2D eigenvalue weighted by atomic mass is 16.6. The second-order valence-corrected chi connectivity index (χ2v) is 8.53. The number of carbonyl (C=O) groups excluding carboxylic acids is 1. The molecular weight excluding hydrogens is 324 g/mol. The second-order valence-electron chi connectivity index (χ2n) is 8.53. The van der Waals surface area contributed by atoms with Gasteiger partial charge in [0.15, 0.2) is 0 Å². The van der Waals surface area contributed by atoms with Gasteiger partial charge in [-0.25, -0.2) is 0 Å². The smallest absolute Gasteiger partial charge is 0.306 e. The molecular formula is C22H32N2O2. The van der Waals surface area contributed by atoms with Gasteiger partial charge in [0.2, 0.25) is 0 Å². The maximum absolute atomic E-state index is 12.0. The van der Waals surface area contributed by atoms with Gasteiger partial charge >= 0.3 is 5.97 Å². The third kappa shape index (κ3) is 3.75. The van der Waals surface area contributed by atoms with Crippen molar-refractivity contribution in [2.24, 2.45) is 5.41 Å². The SMILES string of the molecule is Cc1ccc(N2CCN(CCC3OC(=O)CC34CCCCC4)CC2)cc1. The van der Waals surface area contributed by atoms with Gasteiger partial charge in [0.25, 0.3) is 0 Å². The number of aryl methyl sites for hydroxylation is 1. The third-order valence-corrected chi connectivity index (χ3v) is 6.78. The molecule has 0 radical (unpaired) electrons. The van der Waals surface area contributed by atoms with Gasteiger partial charge in [0.05, 0.1) is 6.42 Å². The number of piperazine rings is 1. The Labute approximate surface area is 157 Å². The average Bonchev–Trinajstić information content (AvgIpc) is 2.96. The highest BCUT2D eigenvalue weighted by Crippen LogP contribution is 2.48. The van der Waals surface area contributed by atoms with Gasteiger partial charge in [-0.05, 0) is 38.3 Å². The first kappa shape index (κ1) is 17.8. The molecule has 1 aromatic carbocycles. The van der Waals surface area contributed by atoms with Crippen LogP contribution in [0.2, 0.25) is 0 Å². The maximum Gasteiger partial charge on any atom is 0.306 e. The van der Waals surface area contributed by atoms with E-state index in [1.807, 2.05) is 0 Å². The molecule has 1 aliphatic carbocycles. The van der Waals surface area contributed by atoms with Crippen LogP contribution < -0.4 is 4.90 Å². The van der Waals surface area contributed by atoms with Crippen LogP contribution in [0.15, 0.2) is 24.3 Å². The molecule has 1 spiro atoms. The van der Waals surface area contributed by atoms with Crippen LogP contribution in [0.5, 0.6) is 0 Å². The Morgan fingerprint density at radius 3 is 2.42 bits per heavy atom. The fourth-order valence-corrected chi connectivity index (χ4v) is 5.13. The minimum absolute atomic E-state index is 0.0427. The van der Waals surface area contributed by atoms with E-state index in [9.17, 15) is 4.79 Å². The van der Waals surface area contributed by atoms with Crippen LogP contribution in [0.3, 0.4) is 0 Å². The molecule has 3 aliphatic rings. The lowest BCUT2D eigenvalue weighted by Gasteiger charge is -2.39. The largest absolute Gasteiger partial charge is 0.462 e. The molecule has 2 saturated heterocycles. The Hall–Kier alpha value is -1.55. The number of cyclic esters (lactones) is 1. The molecule has 0 N–H and O–H groups in total. The quantitative estimate of drug-likeness (QED) is 0.769. The lowest BCUT2D eigenvalue weighted by Crippen LogP contribution is -2.47. The monoisotopic (exact) mass is 356 g/mol. The van der Waals surface area contributed by atoms with Crippen molar-refractivity contribution >= 4 is 11.7 Å². The van der Waals surface area contributed by atoms with E-state index < -0.39 is 0 Å². The van der Waals surface area contributed by atoms with Gasteiger partial charge in [-0.15, -0.1) is 0 Å². The number of benzene rings is 1. The van der Waals surface area contributed by atoms with Crippen LogP contribution in [0.1, 0.15) is 50.5 Å². The number of esters is 1. The lowest BCUT2D eigenvalue weighted by atomic mass is 9.68. The van der Waals surface area contributed by atoms with E-state index in [-0.39, 0.29) is 17.5 Å². The second kappa shape index (κ2) is 7.59. The topological polar surface area (TPSA) is 32.8 Å². The summed E-state index contributed by atoms with van der Waals surface area (Å²) >= 11 is 0. The molecule has 26 heavy (non-hydrogen) atoms. The van der Waals surface area contributed by atoms with Crippen molar-refractivity contribution in [3.63, 3.8) is 0 Å². The molecule has 2 heterocycles. The van der Waals surface area contributed by atoms with Crippen LogP contribution in [0, 0.1) is 12.3 Å². The number of ether oxygens (including phenoxy) is 1. The van der Waals surface area contributed by atoms with Gasteiger partial charge in [0, 0.05) is 43.8 Å². The Balaban J connectivity index is 1.28. The fraction of sp³-hybridized carbons (Fsp3) is 0.682. The first-order valence-electron chi connectivity index (χ1n) is 10.4. The van der Waals surface area contributed by atoms with Crippen molar-refractivity contribution in [3.8, 4) is 0 Å². The van der Waals surface area contributed by atoms with Crippen LogP contribution in [-0.4, -0.2) is 49.7 Å². The fourth-order valence-electron chi connectivity index (χ4n) is 5.13. The van der Waals surface area contributed by atoms with E-state index >= 15 is 0 Å². The first-order valence-corrected chi connectivity index (χ1v) is 10.4. The predicted octanol–water partition coefficient (Wildman–Crippen LogP) is 3.77. The highest BCUT2D eigenvalue weighted by Gasteiger charge is 2.48. The summed E-state index contributed by atoms with van der Waals surface area (Å²) in [5.41, 5.74) is 2.82. The minimum atomic E-state index is 0.0427. The molecule has 4 nitrogen and oxygen atoms in total. The number of rotatable bonds is 4. The Bertz CT molecular complexity index is 614. The summed E-state index contributed by atoms with van der Waals surface area (Å²) in [6.07, 6.45) is 8.06. The van der Waals surface area contributed by atoms with Crippen molar-refractivity contribution in [1.29, 1.82) is 0 Å². The van der Waals surface area contributed by atoms with Gasteiger partial charge in [-0.2, -0.15) is 0 Å². The number of carbonyl (C=O) groups is 1. The van der Waals surface area contributed by atoms with Crippen molar-refractivity contribution in [2.75, 3.05) is 37.6 Å². The summed E-state index contributed by atoms with van der Waals surface area (Å²) in [5.74, 6) is 0.0427. The number of anilines is 1. The zero-order chi connectivity index (χ0) is 18.0. The summed E-state index contributed by atoms with van der Waals surface area (Å²) in [5, 5.41) is 0. The molecule has 2 aliphatic heterocycles. The normalized spacial score (nSPS) is 26.3. The van der Waals surface area contributed by atoms with Crippen molar-refractivity contribution in [2.45, 2.75) is 58.0 Å². The molecule has 4 rings (SSSR count). The van der Waals surface area contributed by atoms with Crippen molar-refractivity contribution < 1.29 is 9.53 Å². The molecule has 1 unspecified atom stereocenters. The minimum Gasteiger partial charge on any atom is -0.462 e. The molecule has 0 aromatic heterocycles. The van der Waals surface area contributed by atoms with Crippen molar-refractivity contribution in [3.05, 3.63) is 29.8 Å². The number of nitrogens with zero attached hydrogens (tertiary/aromatic N) is 2. The van der Waals surface area contributed by atoms with Gasteiger partial charge in [0.1, 0.15) is 6.10 Å². The average molecular weight is 357 g/mol. The summed E-state index contributed by atoms with van der Waals surface area (Å²) in [4.78, 5) is 17.0. The molecule has 1 aromatic rings. The van der Waals surface area contributed by atoms with E-state index in [0.717, 1.165) is 39.1 Å². The van der Waals surface area contributed by atoms with E-state index in [1.54, 1.807) is 0 Å². The van der Waals surface area contributed by atoms with Gasteiger partial charge in [-0.1, -0.05) is 37.0 Å². The summed E-state index contributed by atoms with van der Waals surface area (Å²) < 4.78 is 5.77. The number of hydrogen-bond acceptors (Lipinski definition) is 4. The standard InChI is InChI=1S/C22H32N2O2/c1-18-5-7-19(8-6-18)24-15-13-23(14-16-24)12-9-20-22(17-21(25)26-20)10-3-2-4-11-22/h5-8,20H,2-4,9-17H2,1H3. The van der Waals surface area contributed by atoms with Gasteiger partial charge in [-0.3, -0.25) is 9.69 Å². The summed E-state index contributed by atoms with van der Waals surface area (Å²) in [7, 11) is 0. The van der Waals surface area contributed by atoms with E-state index in [2.05, 4.69) is 41.0 Å². The molecule has 1 saturated carbocycles. The first-order chi connectivity index (χ1) is 12.6. The van der Waals surface area contributed by atoms with E-state index in [1.165, 1.54) is 43.4 Å². The number of hydrogen-bond donors (Lipinski definition) is 0. The van der Waals surface area contributed by atoms with Crippen LogP contribution in [0.25, 0.3) is 0 Å². The highest BCUT2D eigenvalue weighted by molar-refractivity contribution is 5.73. The molecule has 1 atom stereocenters. The zero-order valence-electron chi connectivity index (χ0n) is 16.1. The molecule has 0 bridgehead atoms.